The molecule has 0 aliphatic carbocycles. The molecular weight excluding hydrogens is 307 g/mol. The molecule has 1 aliphatic rings. The Morgan fingerprint density at radius 1 is 0.760 bits per heavy atom. The van der Waals surface area contributed by atoms with Gasteiger partial charge in [-0.25, -0.2) is 0 Å². The summed E-state index contributed by atoms with van der Waals surface area (Å²) < 4.78 is 12.1. The zero-order valence-electron chi connectivity index (χ0n) is 17.8. The van der Waals surface area contributed by atoms with Crippen LogP contribution in [0.4, 0.5) is 0 Å². The fraction of sp³-hybridized carbons (Fsp3) is 0.636. The van der Waals surface area contributed by atoms with E-state index >= 15 is 0 Å². The van der Waals surface area contributed by atoms with Gasteiger partial charge in [0.15, 0.2) is 0 Å². The summed E-state index contributed by atoms with van der Waals surface area (Å²) in [6.07, 6.45) is 2.13. The summed E-state index contributed by atoms with van der Waals surface area (Å²) in [6, 6.07) is 6.89. The van der Waals surface area contributed by atoms with Gasteiger partial charge in [-0.1, -0.05) is 71.8 Å². The van der Waals surface area contributed by atoms with Crippen LogP contribution in [-0.4, -0.2) is 18.3 Å². The van der Waals surface area contributed by atoms with E-state index in [1.54, 1.807) is 0 Å². The van der Waals surface area contributed by atoms with E-state index < -0.39 is 0 Å². The molecule has 1 saturated heterocycles. The van der Waals surface area contributed by atoms with Gasteiger partial charge in [0.25, 0.3) is 0 Å². The maximum Gasteiger partial charge on any atom is 0.487 e. The Morgan fingerprint density at radius 3 is 1.52 bits per heavy atom. The smallest absolute Gasteiger partial charge is 0.400 e. The van der Waals surface area contributed by atoms with E-state index in [-0.39, 0.29) is 29.2 Å². The summed E-state index contributed by atoms with van der Waals surface area (Å²) >= 11 is 0. The van der Waals surface area contributed by atoms with Crippen LogP contribution in [0.25, 0.3) is 6.08 Å². The maximum atomic E-state index is 6.07. The molecule has 0 unspecified atom stereocenters. The zero-order valence-corrected chi connectivity index (χ0v) is 17.8. The van der Waals surface area contributed by atoms with Crippen LogP contribution in [0.2, 0.25) is 0 Å². The van der Waals surface area contributed by atoms with Gasteiger partial charge in [0, 0.05) is 0 Å². The van der Waals surface area contributed by atoms with E-state index in [4.69, 9.17) is 9.31 Å². The van der Waals surface area contributed by atoms with Gasteiger partial charge < -0.3 is 9.31 Å². The third kappa shape index (κ3) is 4.57. The summed E-state index contributed by atoms with van der Waals surface area (Å²) in [5.41, 5.74) is 3.55. The van der Waals surface area contributed by atoms with E-state index in [0.717, 1.165) is 0 Å². The molecule has 0 spiro atoms. The van der Waals surface area contributed by atoms with Crippen LogP contribution < -0.4 is 0 Å². The fourth-order valence-corrected chi connectivity index (χ4v) is 2.77. The second-order valence-electron chi connectivity index (χ2n) is 10.3. The normalized spacial score (nSPS) is 20.5. The number of hydrogen-bond donors (Lipinski definition) is 0. The van der Waals surface area contributed by atoms with Gasteiger partial charge in [-0.2, -0.15) is 0 Å². The Morgan fingerprint density at radius 2 is 1.16 bits per heavy atom. The molecule has 1 aromatic carbocycles. The monoisotopic (exact) mass is 342 g/mol. The third-order valence-electron chi connectivity index (χ3n) is 5.40. The van der Waals surface area contributed by atoms with Crippen LogP contribution in [0.15, 0.2) is 24.2 Å². The fourth-order valence-electron chi connectivity index (χ4n) is 2.77. The summed E-state index contributed by atoms with van der Waals surface area (Å²) in [7, 11) is -0.304. The highest BCUT2D eigenvalue weighted by Gasteiger charge is 2.50. The van der Waals surface area contributed by atoms with Crippen molar-refractivity contribution in [2.75, 3.05) is 0 Å². The van der Waals surface area contributed by atoms with Crippen molar-refractivity contribution in [1.82, 2.24) is 0 Å². The zero-order chi connectivity index (χ0) is 19.3. The molecule has 1 aromatic rings. The lowest BCUT2D eigenvalue weighted by Gasteiger charge is -2.32. The average Bonchev–Trinajstić information content (AvgIpc) is 2.62. The summed E-state index contributed by atoms with van der Waals surface area (Å²) in [5.74, 6) is 2.03. The highest BCUT2D eigenvalue weighted by molar-refractivity contribution is 6.52. The molecule has 25 heavy (non-hydrogen) atoms. The Labute approximate surface area is 155 Å². The van der Waals surface area contributed by atoms with Crippen molar-refractivity contribution in [3.8, 4) is 0 Å². The topological polar surface area (TPSA) is 18.5 Å². The molecule has 1 fully saturated rings. The quantitative estimate of drug-likeness (QED) is 0.621. The largest absolute Gasteiger partial charge is 0.487 e. The average molecular weight is 342 g/mol. The lowest BCUT2D eigenvalue weighted by atomic mass is 9.79. The molecule has 2 nitrogen and oxygen atoms in total. The number of hydrogen-bond acceptors (Lipinski definition) is 2. The van der Waals surface area contributed by atoms with Crippen molar-refractivity contribution in [1.29, 1.82) is 0 Å². The van der Waals surface area contributed by atoms with Crippen LogP contribution >= 0.6 is 0 Å². The van der Waals surface area contributed by atoms with E-state index in [2.05, 4.69) is 93.5 Å². The van der Waals surface area contributed by atoms with Crippen molar-refractivity contribution in [2.24, 2.45) is 0 Å². The Hall–Kier alpha value is -1.06. The molecule has 0 aromatic heterocycles. The Balaban J connectivity index is 2.34. The van der Waals surface area contributed by atoms with E-state index in [0.29, 0.717) is 0 Å². The lowest BCUT2D eigenvalue weighted by molar-refractivity contribution is 0.00578. The first-order chi connectivity index (χ1) is 11.1. The first-order valence-electron chi connectivity index (χ1n) is 9.32. The molecule has 0 saturated carbocycles. The molecule has 1 aliphatic heterocycles. The van der Waals surface area contributed by atoms with E-state index in [1.807, 2.05) is 5.98 Å². The van der Waals surface area contributed by atoms with Gasteiger partial charge >= 0.3 is 7.12 Å². The van der Waals surface area contributed by atoms with Gasteiger partial charge in [0.2, 0.25) is 0 Å². The molecule has 1 heterocycles. The lowest BCUT2D eigenvalue weighted by Crippen LogP contribution is -2.41. The van der Waals surface area contributed by atoms with Gasteiger partial charge in [-0.3, -0.25) is 0 Å². The highest BCUT2D eigenvalue weighted by atomic mass is 16.7. The molecule has 0 radical (unpaired) electrons. The van der Waals surface area contributed by atoms with Crippen LogP contribution in [0.5, 0.6) is 0 Å². The molecule has 0 N–H and O–H groups in total. The van der Waals surface area contributed by atoms with Crippen LogP contribution in [-0.2, 0) is 20.1 Å². The summed E-state index contributed by atoms with van der Waals surface area (Å²) in [4.78, 5) is 0. The van der Waals surface area contributed by atoms with Gasteiger partial charge in [0.05, 0.1) is 11.2 Å². The second-order valence-corrected chi connectivity index (χ2v) is 10.3. The molecule has 0 atom stereocenters. The molecule has 0 amide bonds. The SMILES string of the molecule is CC(C)(C)c1cc(/C=C/B2OC(C)(C)C(C)(C)O2)cc(C(C)(C)C)c1. The predicted octanol–water partition coefficient (Wildman–Crippen LogP) is 5.93. The number of benzene rings is 1. The first kappa shape index (κ1) is 20.3. The van der Waals surface area contributed by atoms with E-state index in [9.17, 15) is 0 Å². The van der Waals surface area contributed by atoms with Gasteiger partial charge in [0.1, 0.15) is 0 Å². The second kappa shape index (κ2) is 6.28. The molecular formula is C22H35BO2. The van der Waals surface area contributed by atoms with Crippen LogP contribution in [0, 0.1) is 0 Å². The summed E-state index contributed by atoms with van der Waals surface area (Å²) in [6.45, 7) is 21.9. The predicted molar refractivity (Wildman–Crippen MR) is 109 cm³/mol. The highest BCUT2D eigenvalue weighted by Crippen LogP contribution is 2.37. The molecule has 138 valence electrons. The maximum absolute atomic E-state index is 6.07. The standard InChI is InChI=1S/C22H35BO2/c1-19(2,3)17-13-16(14-18(15-17)20(4,5)6)11-12-23-24-21(7,8)22(9,10)25-23/h11-15H,1-10H3/b12-11+. The Kier molecular flexibility index (Phi) is 5.09. The van der Waals surface area contributed by atoms with Crippen molar-refractivity contribution in [3.05, 3.63) is 40.9 Å². The minimum atomic E-state index is -0.304. The van der Waals surface area contributed by atoms with Crippen LogP contribution in [0.3, 0.4) is 0 Å². The third-order valence-corrected chi connectivity index (χ3v) is 5.40. The van der Waals surface area contributed by atoms with Gasteiger partial charge in [-0.05, 0) is 55.2 Å². The number of rotatable bonds is 2. The molecule has 0 bridgehead atoms. The van der Waals surface area contributed by atoms with Crippen LogP contribution in [0.1, 0.15) is 85.9 Å². The van der Waals surface area contributed by atoms with Crippen molar-refractivity contribution in [2.45, 2.75) is 91.3 Å². The van der Waals surface area contributed by atoms with Crippen molar-refractivity contribution >= 4 is 13.2 Å². The summed E-state index contributed by atoms with van der Waals surface area (Å²) in [5, 5.41) is 0. The first-order valence-corrected chi connectivity index (χ1v) is 9.32. The molecule has 2 rings (SSSR count). The Bertz CT molecular complexity index is 609. The molecule has 3 heteroatoms. The minimum absolute atomic E-state index is 0.119. The van der Waals surface area contributed by atoms with Crippen molar-refractivity contribution in [3.63, 3.8) is 0 Å². The minimum Gasteiger partial charge on any atom is -0.400 e. The van der Waals surface area contributed by atoms with Crippen molar-refractivity contribution < 1.29 is 9.31 Å². The van der Waals surface area contributed by atoms with E-state index in [1.165, 1.54) is 16.7 Å². The van der Waals surface area contributed by atoms with Gasteiger partial charge in [-0.15, -0.1) is 0 Å².